The zero-order chi connectivity index (χ0) is 45.9. The third kappa shape index (κ3) is 14.1. The maximum Gasteiger partial charge on any atom is 0.412 e. The fourth-order valence-corrected chi connectivity index (χ4v) is 9.40. The first-order valence-corrected chi connectivity index (χ1v) is 26.2. The van der Waals surface area contributed by atoms with Crippen molar-refractivity contribution in [3.63, 3.8) is 0 Å². The summed E-state index contributed by atoms with van der Waals surface area (Å²) >= 11 is 34.2. The zero-order valence-electron chi connectivity index (χ0n) is 32.3. The van der Waals surface area contributed by atoms with Gasteiger partial charge in [0.05, 0.1) is 28.5 Å². The standard InChI is InChI=1S/C18H17Cl2F3NO4PS.C15H13Cl2NO3.C4H8F3OPS/c1-29(30,27-9-18(21,22)23)28-15-14(12-8-10(19)2-3-13(12)20)16(26)24-17(15)6-4-11(25)5-7-17;16-8-1-2-11(17)10(7-8)12-13(20)15(18-14(12)21)5-3-9(19)4-6-15;1-9(2,10)8-3-4(5,6)7/h2-3,8H,4-7,9H2,1H3,(H,24,26);1-2,7,20H,3-6H2,(H,18,21);3H2,1-2H3. The van der Waals surface area contributed by atoms with Crippen LogP contribution in [-0.4, -0.2) is 85.1 Å². The molecule has 1 unspecified atom stereocenters. The average molecular weight is 1020 g/mol. The summed E-state index contributed by atoms with van der Waals surface area (Å²) in [6, 6.07) is 9.25. The number of amides is 2. The van der Waals surface area contributed by atoms with Gasteiger partial charge in [0.2, 0.25) is 6.49 Å². The number of carbonyl (C=O) groups is 4. The second kappa shape index (κ2) is 19.9. The minimum absolute atomic E-state index is 0.0210. The second-order valence-corrected chi connectivity index (χ2v) is 25.8. The first-order chi connectivity index (χ1) is 28.0. The number of benzene rings is 2. The van der Waals surface area contributed by atoms with Crippen LogP contribution in [0.1, 0.15) is 62.5 Å². The SMILES string of the molecule is CP(=S)(OCC(F)(F)F)OC1=C(c2cc(Cl)ccc2Cl)C(=O)NC12CCC(=O)CC2.CP(C)(=S)OCC(F)(F)F.O=C1CCC2(CC1)NC(=O)C(c1cc(Cl)ccc1Cl)=C2O. The summed E-state index contributed by atoms with van der Waals surface area (Å²) in [6.45, 7) is -1.99. The van der Waals surface area contributed by atoms with Crippen LogP contribution >= 0.6 is 59.2 Å². The fraction of sp³-hybridized carbons (Fsp3) is 0.459. The zero-order valence-corrected chi connectivity index (χ0v) is 38.8. The monoisotopic (exact) mass is 1020 g/mol. The van der Waals surface area contributed by atoms with Gasteiger partial charge in [-0.1, -0.05) is 58.2 Å². The van der Waals surface area contributed by atoms with Crippen molar-refractivity contribution in [2.45, 2.75) is 74.8 Å². The molecule has 2 aliphatic carbocycles. The van der Waals surface area contributed by atoms with E-state index in [0.29, 0.717) is 46.3 Å². The van der Waals surface area contributed by atoms with Crippen LogP contribution in [-0.2, 0) is 56.4 Å². The van der Waals surface area contributed by atoms with Crippen LogP contribution in [0.3, 0.4) is 0 Å². The van der Waals surface area contributed by atoms with E-state index in [9.17, 15) is 50.6 Å². The van der Waals surface area contributed by atoms with Crippen LogP contribution in [0.25, 0.3) is 11.1 Å². The molecule has 2 spiro atoms. The first-order valence-electron chi connectivity index (χ1n) is 18.0. The number of ketones is 2. The van der Waals surface area contributed by atoms with Crippen molar-refractivity contribution < 1.29 is 64.2 Å². The van der Waals surface area contributed by atoms with Crippen molar-refractivity contribution in [1.29, 1.82) is 0 Å². The number of rotatable bonds is 8. The number of carbonyl (C=O) groups excluding carboxylic acids is 4. The van der Waals surface area contributed by atoms with E-state index < -0.39 is 55.3 Å². The highest BCUT2D eigenvalue weighted by molar-refractivity contribution is 8.11. The minimum atomic E-state index is -4.59. The fourth-order valence-electron chi connectivity index (χ4n) is 6.61. The molecule has 1 atom stereocenters. The number of hydrogen-bond acceptors (Lipinski definition) is 10. The van der Waals surface area contributed by atoms with Crippen LogP contribution in [0, 0.1) is 0 Å². The Morgan fingerprint density at radius 3 is 1.49 bits per heavy atom. The maximum atomic E-state index is 12.9. The number of alkyl halides is 6. The van der Waals surface area contributed by atoms with Crippen molar-refractivity contribution in [2.75, 3.05) is 33.2 Å². The van der Waals surface area contributed by atoms with E-state index in [1.54, 1.807) is 18.2 Å². The van der Waals surface area contributed by atoms with Crippen LogP contribution in [0.15, 0.2) is 47.9 Å². The molecule has 2 aliphatic heterocycles. The predicted molar refractivity (Wildman–Crippen MR) is 230 cm³/mol. The van der Waals surface area contributed by atoms with Gasteiger partial charge in [0, 0.05) is 63.6 Å². The lowest BCUT2D eigenvalue weighted by Crippen LogP contribution is -2.47. The van der Waals surface area contributed by atoms with E-state index in [-0.39, 0.29) is 76.4 Å². The largest absolute Gasteiger partial charge is 0.509 e. The van der Waals surface area contributed by atoms with E-state index in [1.807, 2.05) is 0 Å². The lowest BCUT2D eigenvalue weighted by molar-refractivity contribution is -0.153. The van der Waals surface area contributed by atoms with Crippen molar-refractivity contribution in [1.82, 2.24) is 10.6 Å². The Balaban J connectivity index is 0.000000228. The van der Waals surface area contributed by atoms with E-state index in [0.717, 1.165) is 0 Å². The molecule has 0 radical (unpaired) electrons. The Bertz CT molecular complexity index is 2230. The first kappa shape index (κ1) is 51.4. The average Bonchev–Trinajstić information content (AvgIpc) is 3.54. The smallest absolute Gasteiger partial charge is 0.412 e. The molecule has 2 aromatic rings. The topological polar surface area (TPSA) is 140 Å². The summed E-state index contributed by atoms with van der Waals surface area (Å²) in [7, 11) is 0. The number of aliphatic hydroxyl groups is 1. The van der Waals surface area contributed by atoms with Crippen molar-refractivity contribution in [3.05, 3.63) is 79.1 Å². The molecule has 2 amide bonds. The van der Waals surface area contributed by atoms with E-state index in [1.165, 1.54) is 38.2 Å². The molecule has 2 heterocycles. The van der Waals surface area contributed by atoms with E-state index in [4.69, 9.17) is 67.3 Å². The molecule has 0 saturated heterocycles. The van der Waals surface area contributed by atoms with Crippen molar-refractivity contribution in [3.8, 4) is 0 Å². The summed E-state index contributed by atoms with van der Waals surface area (Å²) in [5.74, 6) is -0.730. The van der Waals surface area contributed by atoms with Gasteiger partial charge in [-0.2, -0.15) is 26.3 Å². The molecular weight excluding hydrogens is 982 g/mol. The molecule has 10 nitrogen and oxygen atoms in total. The molecule has 2 fully saturated rings. The predicted octanol–water partition coefficient (Wildman–Crippen LogP) is 10.7. The Labute approximate surface area is 377 Å². The normalized spacial score (nSPS) is 19.8. The minimum Gasteiger partial charge on any atom is -0.509 e. The third-order valence-electron chi connectivity index (χ3n) is 9.49. The van der Waals surface area contributed by atoms with Gasteiger partial charge in [-0.25, -0.2) is 0 Å². The molecule has 0 aromatic heterocycles. The Kier molecular flexibility index (Phi) is 16.7. The Hall–Kier alpha value is -2.24. The molecular formula is C37H38Cl4F6N2O8P2S2. The third-order valence-corrected chi connectivity index (χ3v) is 13.3. The quantitative estimate of drug-likeness (QED) is 0.173. The van der Waals surface area contributed by atoms with Gasteiger partial charge in [0.1, 0.15) is 29.7 Å². The van der Waals surface area contributed by atoms with Crippen LogP contribution in [0.2, 0.25) is 20.1 Å². The van der Waals surface area contributed by atoms with Crippen LogP contribution < -0.4 is 10.6 Å². The Morgan fingerprint density at radius 1 is 0.672 bits per heavy atom. The summed E-state index contributed by atoms with van der Waals surface area (Å²) in [5, 5.41) is 17.5. The lowest BCUT2D eigenvalue weighted by atomic mass is 9.80. The van der Waals surface area contributed by atoms with Gasteiger partial charge >= 0.3 is 12.4 Å². The molecule has 61 heavy (non-hydrogen) atoms. The highest BCUT2D eigenvalue weighted by Crippen LogP contribution is 2.55. The molecule has 24 heteroatoms. The number of nitrogens with one attached hydrogen (secondary N) is 2. The van der Waals surface area contributed by atoms with E-state index >= 15 is 0 Å². The number of halogens is 10. The molecule has 4 aliphatic rings. The molecule has 336 valence electrons. The summed E-state index contributed by atoms with van der Waals surface area (Å²) in [4.78, 5) is 48.4. The highest BCUT2D eigenvalue weighted by atomic mass is 35.5. The van der Waals surface area contributed by atoms with Crippen molar-refractivity contribution in [2.24, 2.45) is 0 Å². The molecule has 2 aromatic carbocycles. The molecule has 6 rings (SSSR count). The number of hydrogen-bond donors (Lipinski definition) is 3. The summed E-state index contributed by atoms with van der Waals surface area (Å²) in [6.07, 6.45) is -8.67. The maximum absolute atomic E-state index is 12.9. The lowest BCUT2D eigenvalue weighted by Gasteiger charge is -2.36. The molecule has 2 saturated carbocycles. The summed E-state index contributed by atoms with van der Waals surface area (Å²) < 4.78 is 87.3. The summed E-state index contributed by atoms with van der Waals surface area (Å²) in [5.41, 5.74) is -1.07. The number of aliphatic hydroxyl groups excluding tert-OH is 1. The molecule has 0 bridgehead atoms. The van der Waals surface area contributed by atoms with E-state index in [2.05, 4.69) is 27.0 Å². The van der Waals surface area contributed by atoms with Crippen LogP contribution in [0.4, 0.5) is 26.3 Å². The van der Waals surface area contributed by atoms with Gasteiger partial charge < -0.3 is 29.3 Å². The van der Waals surface area contributed by atoms with Gasteiger partial charge in [0.25, 0.3) is 11.8 Å². The van der Waals surface area contributed by atoms with Gasteiger partial charge in [0.15, 0.2) is 6.61 Å². The van der Waals surface area contributed by atoms with Crippen molar-refractivity contribution >= 4 is 117 Å². The van der Waals surface area contributed by atoms with Gasteiger partial charge in [-0.05, 0) is 87.2 Å². The van der Waals surface area contributed by atoms with Crippen LogP contribution in [0.5, 0.6) is 0 Å². The number of Topliss-reactive ketones (excluding diaryl/α,β-unsaturated/α-hetero) is 2. The highest BCUT2D eigenvalue weighted by Gasteiger charge is 2.51. The van der Waals surface area contributed by atoms with Gasteiger partial charge in [-0.15, -0.1) is 0 Å². The molecule has 3 N–H and O–H groups in total. The second-order valence-electron chi connectivity index (χ2n) is 14.7. The van der Waals surface area contributed by atoms with Gasteiger partial charge in [-0.3, -0.25) is 19.2 Å². The Morgan fingerprint density at radius 2 is 1.07 bits per heavy atom.